The smallest absolute Gasteiger partial charge is 0.224 e. The van der Waals surface area contributed by atoms with Crippen LogP contribution in [-0.2, 0) is 11.2 Å². The van der Waals surface area contributed by atoms with Crippen molar-refractivity contribution in [2.45, 2.75) is 52.7 Å². The molecule has 1 aromatic rings. The molecule has 0 bridgehead atoms. The lowest BCUT2D eigenvalue weighted by molar-refractivity contribution is -0.121. The molecular weight excluding hydrogens is 266 g/mol. The summed E-state index contributed by atoms with van der Waals surface area (Å²) in [5.74, 6) is 1.06. The molecule has 0 radical (unpaired) electrons. The van der Waals surface area contributed by atoms with Crippen molar-refractivity contribution in [3.8, 4) is 5.75 Å². The van der Waals surface area contributed by atoms with Gasteiger partial charge in [0.2, 0.25) is 5.91 Å². The predicted octanol–water partition coefficient (Wildman–Crippen LogP) is 2.54. The second-order valence-electron chi connectivity index (χ2n) is 5.92. The van der Waals surface area contributed by atoms with Crippen LogP contribution in [0.4, 0.5) is 0 Å². The zero-order valence-electron chi connectivity index (χ0n) is 13.4. The lowest BCUT2D eigenvalue weighted by Gasteiger charge is -2.21. The first-order valence-corrected chi connectivity index (χ1v) is 7.58. The highest BCUT2D eigenvalue weighted by molar-refractivity contribution is 5.79. The van der Waals surface area contributed by atoms with E-state index in [9.17, 15) is 4.79 Å². The number of aliphatic hydroxyl groups is 1. The van der Waals surface area contributed by atoms with Gasteiger partial charge in [0.1, 0.15) is 5.75 Å². The highest BCUT2D eigenvalue weighted by Crippen LogP contribution is 2.15. The summed E-state index contributed by atoms with van der Waals surface area (Å²) < 4.78 is 5.63. The molecule has 0 saturated carbocycles. The molecule has 0 saturated heterocycles. The first kappa shape index (κ1) is 17.5. The fourth-order valence-corrected chi connectivity index (χ4v) is 2.16. The van der Waals surface area contributed by atoms with Gasteiger partial charge in [-0.05, 0) is 43.9 Å². The van der Waals surface area contributed by atoms with Gasteiger partial charge in [0, 0.05) is 12.6 Å². The van der Waals surface area contributed by atoms with Gasteiger partial charge in [-0.15, -0.1) is 0 Å². The standard InChI is InChI=1S/C17H27NO3/c1-12(2)16(8-9-19)18-17(20)11-14-6-5-7-15(10-14)21-13(3)4/h5-7,10,12-13,16,19H,8-9,11H2,1-4H3,(H,18,20). The number of hydrogen-bond acceptors (Lipinski definition) is 3. The van der Waals surface area contributed by atoms with Crippen LogP contribution < -0.4 is 10.1 Å². The van der Waals surface area contributed by atoms with Gasteiger partial charge in [0.05, 0.1) is 12.5 Å². The van der Waals surface area contributed by atoms with E-state index >= 15 is 0 Å². The maximum atomic E-state index is 12.1. The van der Waals surface area contributed by atoms with Crippen molar-refractivity contribution in [3.05, 3.63) is 29.8 Å². The quantitative estimate of drug-likeness (QED) is 0.774. The van der Waals surface area contributed by atoms with E-state index in [1.54, 1.807) is 0 Å². The Hall–Kier alpha value is -1.55. The lowest BCUT2D eigenvalue weighted by Crippen LogP contribution is -2.40. The third-order valence-electron chi connectivity index (χ3n) is 3.23. The first-order valence-electron chi connectivity index (χ1n) is 7.58. The van der Waals surface area contributed by atoms with Gasteiger partial charge in [-0.25, -0.2) is 0 Å². The second-order valence-corrected chi connectivity index (χ2v) is 5.92. The molecule has 0 aliphatic rings. The Labute approximate surface area is 127 Å². The molecule has 0 aliphatic heterocycles. The van der Waals surface area contributed by atoms with Crippen molar-refractivity contribution in [1.82, 2.24) is 5.32 Å². The van der Waals surface area contributed by atoms with Crippen molar-refractivity contribution < 1.29 is 14.6 Å². The summed E-state index contributed by atoms with van der Waals surface area (Å²) in [5, 5.41) is 12.0. The summed E-state index contributed by atoms with van der Waals surface area (Å²) in [4.78, 5) is 12.1. The van der Waals surface area contributed by atoms with Crippen molar-refractivity contribution in [2.24, 2.45) is 5.92 Å². The normalized spacial score (nSPS) is 12.5. The average molecular weight is 293 g/mol. The van der Waals surface area contributed by atoms with Gasteiger partial charge in [-0.1, -0.05) is 26.0 Å². The number of ether oxygens (including phenoxy) is 1. The van der Waals surface area contributed by atoms with Crippen LogP contribution in [0.5, 0.6) is 5.75 Å². The van der Waals surface area contributed by atoms with Crippen LogP contribution >= 0.6 is 0 Å². The van der Waals surface area contributed by atoms with Gasteiger partial charge in [0.15, 0.2) is 0 Å². The monoisotopic (exact) mass is 293 g/mol. The summed E-state index contributed by atoms with van der Waals surface area (Å²) >= 11 is 0. The molecule has 1 aromatic carbocycles. The van der Waals surface area contributed by atoms with Crippen LogP contribution in [0.2, 0.25) is 0 Å². The summed E-state index contributed by atoms with van der Waals surface area (Å²) in [6, 6.07) is 7.62. The van der Waals surface area contributed by atoms with Gasteiger partial charge in [-0.2, -0.15) is 0 Å². The Kier molecular flexibility index (Phi) is 7.23. The van der Waals surface area contributed by atoms with Crippen molar-refractivity contribution in [1.29, 1.82) is 0 Å². The van der Waals surface area contributed by atoms with Crippen LogP contribution in [0, 0.1) is 5.92 Å². The molecule has 0 heterocycles. The van der Waals surface area contributed by atoms with Crippen molar-refractivity contribution in [3.63, 3.8) is 0 Å². The Morgan fingerprint density at radius 1 is 1.29 bits per heavy atom. The number of hydrogen-bond donors (Lipinski definition) is 2. The number of nitrogens with one attached hydrogen (secondary N) is 1. The third kappa shape index (κ3) is 6.63. The molecule has 4 heteroatoms. The van der Waals surface area contributed by atoms with Gasteiger partial charge in [0.25, 0.3) is 0 Å². The minimum atomic E-state index is -0.0242. The van der Waals surface area contributed by atoms with E-state index in [4.69, 9.17) is 9.84 Å². The summed E-state index contributed by atoms with van der Waals surface area (Å²) in [6.07, 6.45) is 1.02. The van der Waals surface area contributed by atoms with Crippen molar-refractivity contribution >= 4 is 5.91 Å². The van der Waals surface area contributed by atoms with Crippen LogP contribution in [-0.4, -0.2) is 29.8 Å². The Morgan fingerprint density at radius 2 is 2.00 bits per heavy atom. The van der Waals surface area contributed by atoms with Gasteiger partial charge < -0.3 is 15.2 Å². The summed E-state index contributed by atoms with van der Waals surface area (Å²) in [6.45, 7) is 8.11. The summed E-state index contributed by atoms with van der Waals surface area (Å²) in [5.41, 5.74) is 0.928. The largest absolute Gasteiger partial charge is 0.491 e. The van der Waals surface area contributed by atoms with Crippen LogP contribution in [0.1, 0.15) is 39.7 Å². The minimum absolute atomic E-state index is 0.0117. The molecule has 1 amide bonds. The maximum absolute atomic E-state index is 12.1. The summed E-state index contributed by atoms with van der Waals surface area (Å²) in [7, 11) is 0. The Balaban J connectivity index is 2.61. The number of aliphatic hydroxyl groups excluding tert-OH is 1. The second kappa shape index (κ2) is 8.67. The maximum Gasteiger partial charge on any atom is 0.224 e. The van der Waals surface area contributed by atoms with Crippen molar-refractivity contribution in [2.75, 3.05) is 6.61 Å². The minimum Gasteiger partial charge on any atom is -0.491 e. The van der Waals surface area contributed by atoms with E-state index in [2.05, 4.69) is 5.32 Å². The third-order valence-corrected chi connectivity index (χ3v) is 3.23. The SMILES string of the molecule is CC(C)Oc1cccc(CC(=O)NC(CCO)C(C)C)c1. The zero-order chi connectivity index (χ0) is 15.8. The molecule has 0 aromatic heterocycles. The number of amides is 1. The molecule has 0 spiro atoms. The van der Waals surface area contributed by atoms with E-state index < -0.39 is 0 Å². The molecule has 118 valence electrons. The topological polar surface area (TPSA) is 58.6 Å². The van der Waals surface area contributed by atoms with E-state index in [0.29, 0.717) is 18.8 Å². The highest BCUT2D eigenvalue weighted by Gasteiger charge is 2.15. The number of carbonyl (C=O) groups excluding carboxylic acids is 1. The van der Waals surface area contributed by atoms with E-state index in [0.717, 1.165) is 11.3 Å². The average Bonchev–Trinajstić information content (AvgIpc) is 2.37. The molecule has 0 fully saturated rings. The molecule has 4 nitrogen and oxygen atoms in total. The number of carbonyl (C=O) groups is 1. The van der Waals surface area contributed by atoms with Crippen LogP contribution in [0.15, 0.2) is 24.3 Å². The van der Waals surface area contributed by atoms with Gasteiger partial charge in [-0.3, -0.25) is 4.79 Å². The molecule has 0 aliphatic carbocycles. The van der Waals surface area contributed by atoms with Crippen LogP contribution in [0.25, 0.3) is 0 Å². The first-order chi connectivity index (χ1) is 9.92. The van der Waals surface area contributed by atoms with Gasteiger partial charge >= 0.3 is 0 Å². The molecule has 1 atom stereocenters. The Bertz CT molecular complexity index is 443. The fraction of sp³-hybridized carbons (Fsp3) is 0.588. The van der Waals surface area contributed by atoms with E-state index in [-0.39, 0.29) is 24.7 Å². The molecule has 1 unspecified atom stereocenters. The van der Waals surface area contributed by atoms with E-state index in [1.807, 2.05) is 52.0 Å². The molecular formula is C17H27NO3. The predicted molar refractivity (Wildman–Crippen MR) is 84.4 cm³/mol. The number of benzene rings is 1. The highest BCUT2D eigenvalue weighted by atomic mass is 16.5. The molecule has 21 heavy (non-hydrogen) atoms. The molecule has 1 rings (SSSR count). The zero-order valence-corrected chi connectivity index (χ0v) is 13.4. The van der Waals surface area contributed by atoms with Crippen LogP contribution in [0.3, 0.4) is 0 Å². The lowest BCUT2D eigenvalue weighted by atomic mass is 10.0. The molecule has 2 N–H and O–H groups in total. The van der Waals surface area contributed by atoms with E-state index in [1.165, 1.54) is 0 Å². The fourth-order valence-electron chi connectivity index (χ4n) is 2.16. The number of rotatable bonds is 8. The Morgan fingerprint density at radius 3 is 2.57 bits per heavy atom.